The number of hydrogen-bond donors (Lipinski definition) is 0. The van der Waals surface area contributed by atoms with Gasteiger partial charge in [0, 0.05) is 13.1 Å². The van der Waals surface area contributed by atoms with Crippen LogP contribution in [0.3, 0.4) is 0 Å². The molecule has 0 fully saturated rings. The van der Waals surface area contributed by atoms with Crippen molar-refractivity contribution in [2.24, 2.45) is 0 Å². The van der Waals surface area contributed by atoms with E-state index in [1.165, 1.54) is 16.4 Å². The van der Waals surface area contributed by atoms with Crippen LogP contribution in [0, 0.1) is 5.82 Å². The Morgan fingerprint density at radius 1 is 0.963 bits per heavy atom. The lowest BCUT2D eigenvalue weighted by atomic mass is 10.0. The lowest BCUT2D eigenvalue weighted by molar-refractivity contribution is -0.274. The van der Waals surface area contributed by atoms with Gasteiger partial charge < -0.3 is 4.74 Å². The van der Waals surface area contributed by atoms with Gasteiger partial charge in [0.1, 0.15) is 11.6 Å². The molecular weight excluding hydrogens is 386 g/mol. The Morgan fingerprint density at radius 3 is 2.11 bits per heavy atom. The Bertz CT molecular complexity index is 936. The van der Waals surface area contributed by atoms with Crippen molar-refractivity contribution < 1.29 is 30.7 Å². The van der Waals surface area contributed by atoms with Crippen LogP contribution in [-0.2, 0) is 10.0 Å². The van der Waals surface area contributed by atoms with Gasteiger partial charge in [-0.05, 0) is 54.0 Å². The molecule has 2 aromatic rings. The standard InChI is InChI=1S/C18H15F4NO3S/c19-15-3-1-13(2-4-15)14-9-11-23(12-10-14)27(24,25)17-7-5-16(6-8-17)26-18(20,21)22/h1-9H,10-12H2. The van der Waals surface area contributed by atoms with Crippen LogP contribution in [0.2, 0.25) is 0 Å². The fraction of sp³-hybridized carbons (Fsp3) is 0.222. The second kappa shape index (κ2) is 7.32. The first-order valence-electron chi connectivity index (χ1n) is 7.96. The number of ether oxygens (including phenoxy) is 1. The number of nitrogens with zero attached hydrogens (tertiary/aromatic N) is 1. The van der Waals surface area contributed by atoms with Crippen molar-refractivity contribution in [1.29, 1.82) is 0 Å². The van der Waals surface area contributed by atoms with Gasteiger partial charge in [0.05, 0.1) is 4.90 Å². The van der Waals surface area contributed by atoms with E-state index in [1.54, 1.807) is 18.2 Å². The summed E-state index contributed by atoms with van der Waals surface area (Å²) in [6.07, 6.45) is -2.65. The van der Waals surface area contributed by atoms with Crippen LogP contribution in [-0.4, -0.2) is 32.2 Å². The van der Waals surface area contributed by atoms with E-state index in [2.05, 4.69) is 4.74 Å². The largest absolute Gasteiger partial charge is 0.573 e. The average molecular weight is 401 g/mol. The summed E-state index contributed by atoms with van der Waals surface area (Å²) in [7, 11) is -3.84. The van der Waals surface area contributed by atoms with Crippen molar-refractivity contribution in [3.8, 4) is 5.75 Å². The second-order valence-corrected chi connectivity index (χ2v) is 7.81. The predicted molar refractivity (Wildman–Crippen MR) is 90.9 cm³/mol. The lowest BCUT2D eigenvalue weighted by Crippen LogP contribution is -2.34. The van der Waals surface area contributed by atoms with Gasteiger partial charge in [-0.2, -0.15) is 4.31 Å². The van der Waals surface area contributed by atoms with Crippen molar-refractivity contribution in [2.75, 3.05) is 13.1 Å². The number of hydrogen-bond acceptors (Lipinski definition) is 3. The van der Waals surface area contributed by atoms with Crippen molar-refractivity contribution >= 4 is 15.6 Å². The Morgan fingerprint density at radius 2 is 1.59 bits per heavy atom. The molecule has 1 aliphatic heterocycles. The van der Waals surface area contributed by atoms with Gasteiger partial charge in [-0.1, -0.05) is 18.2 Å². The van der Waals surface area contributed by atoms with Crippen molar-refractivity contribution in [1.82, 2.24) is 4.31 Å². The number of sulfonamides is 1. The van der Waals surface area contributed by atoms with Crippen LogP contribution < -0.4 is 4.74 Å². The maximum Gasteiger partial charge on any atom is 0.573 e. The molecule has 0 aromatic heterocycles. The highest BCUT2D eigenvalue weighted by molar-refractivity contribution is 7.89. The molecular formula is C18H15F4NO3S. The molecule has 0 saturated heterocycles. The minimum absolute atomic E-state index is 0.115. The Kier molecular flexibility index (Phi) is 5.25. The van der Waals surface area contributed by atoms with E-state index >= 15 is 0 Å². The minimum atomic E-state index is -4.84. The molecule has 0 saturated carbocycles. The summed E-state index contributed by atoms with van der Waals surface area (Å²) in [5.74, 6) is -0.837. The van der Waals surface area contributed by atoms with Crippen LogP contribution in [0.25, 0.3) is 5.57 Å². The first-order chi connectivity index (χ1) is 12.6. The number of halogens is 4. The molecule has 9 heteroatoms. The SMILES string of the molecule is O=S(=O)(c1ccc(OC(F)(F)F)cc1)N1CC=C(c2ccc(F)cc2)CC1. The maximum atomic E-state index is 13.0. The molecule has 1 aliphatic rings. The summed E-state index contributed by atoms with van der Waals surface area (Å²) in [4.78, 5) is -0.115. The topological polar surface area (TPSA) is 46.6 Å². The monoisotopic (exact) mass is 401 g/mol. The summed E-state index contributed by atoms with van der Waals surface area (Å²) in [5, 5.41) is 0. The van der Waals surface area contributed by atoms with Crippen molar-refractivity contribution in [3.63, 3.8) is 0 Å². The summed E-state index contributed by atoms with van der Waals surface area (Å²) in [6, 6.07) is 10.0. The number of rotatable bonds is 4. The third kappa shape index (κ3) is 4.67. The maximum absolute atomic E-state index is 13.0. The molecule has 1 heterocycles. The van der Waals surface area contributed by atoms with Crippen molar-refractivity contribution in [2.45, 2.75) is 17.7 Å². The molecule has 0 N–H and O–H groups in total. The third-order valence-electron chi connectivity index (χ3n) is 4.08. The molecule has 0 radical (unpaired) electrons. The first-order valence-corrected chi connectivity index (χ1v) is 9.40. The molecule has 0 amide bonds. The van der Waals surface area contributed by atoms with Crippen LogP contribution in [0.1, 0.15) is 12.0 Å². The predicted octanol–water partition coefficient (Wildman–Crippen LogP) is 4.20. The zero-order valence-electron chi connectivity index (χ0n) is 13.9. The molecule has 0 aliphatic carbocycles. The molecule has 0 bridgehead atoms. The summed E-state index contributed by atoms with van der Waals surface area (Å²) in [5.41, 5.74) is 1.73. The molecule has 2 aromatic carbocycles. The van der Waals surface area contributed by atoms with Crippen LogP contribution in [0.5, 0.6) is 5.75 Å². The van der Waals surface area contributed by atoms with Crippen LogP contribution in [0.15, 0.2) is 59.5 Å². The number of benzene rings is 2. The highest BCUT2D eigenvalue weighted by Crippen LogP contribution is 2.28. The Hall–Kier alpha value is -2.39. The van der Waals surface area contributed by atoms with E-state index in [-0.39, 0.29) is 23.8 Å². The first kappa shape index (κ1) is 19.4. The van der Waals surface area contributed by atoms with E-state index in [0.29, 0.717) is 6.42 Å². The molecule has 0 spiro atoms. The van der Waals surface area contributed by atoms with E-state index < -0.39 is 22.1 Å². The second-order valence-electron chi connectivity index (χ2n) is 5.87. The van der Waals surface area contributed by atoms with Gasteiger partial charge in [0.25, 0.3) is 0 Å². The van der Waals surface area contributed by atoms with Gasteiger partial charge in [0.2, 0.25) is 10.0 Å². The van der Waals surface area contributed by atoms with Crippen LogP contribution in [0.4, 0.5) is 17.6 Å². The summed E-state index contributed by atoms with van der Waals surface area (Å²) < 4.78 is 79.9. The minimum Gasteiger partial charge on any atom is -0.406 e. The van der Waals surface area contributed by atoms with Crippen LogP contribution >= 0.6 is 0 Å². The molecule has 0 unspecified atom stereocenters. The Balaban J connectivity index is 1.73. The molecule has 27 heavy (non-hydrogen) atoms. The fourth-order valence-electron chi connectivity index (χ4n) is 2.76. The van der Waals surface area contributed by atoms with E-state index in [4.69, 9.17) is 0 Å². The van der Waals surface area contributed by atoms with Crippen molar-refractivity contribution in [3.05, 3.63) is 66.0 Å². The van der Waals surface area contributed by atoms with Gasteiger partial charge >= 0.3 is 6.36 Å². The smallest absolute Gasteiger partial charge is 0.406 e. The van der Waals surface area contributed by atoms with E-state index in [1.807, 2.05) is 0 Å². The highest BCUT2D eigenvalue weighted by atomic mass is 32.2. The van der Waals surface area contributed by atoms with E-state index in [9.17, 15) is 26.0 Å². The summed E-state index contributed by atoms with van der Waals surface area (Å²) >= 11 is 0. The fourth-order valence-corrected chi connectivity index (χ4v) is 4.14. The average Bonchev–Trinajstić information content (AvgIpc) is 2.62. The zero-order valence-corrected chi connectivity index (χ0v) is 14.7. The normalized spacial score (nSPS) is 16.1. The van der Waals surface area contributed by atoms with Gasteiger partial charge in [-0.15, -0.1) is 13.2 Å². The highest BCUT2D eigenvalue weighted by Gasteiger charge is 2.31. The number of alkyl halides is 3. The Labute approximate surface area is 153 Å². The molecule has 4 nitrogen and oxygen atoms in total. The third-order valence-corrected chi connectivity index (χ3v) is 5.96. The quantitative estimate of drug-likeness (QED) is 0.722. The lowest BCUT2D eigenvalue weighted by Gasteiger charge is -2.26. The zero-order chi connectivity index (χ0) is 19.7. The molecule has 3 rings (SSSR count). The van der Waals surface area contributed by atoms with E-state index in [0.717, 1.165) is 35.4 Å². The van der Waals surface area contributed by atoms with Gasteiger partial charge in [0.15, 0.2) is 0 Å². The summed E-state index contributed by atoms with van der Waals surface area (Å²) in [6.45, 7) is 0.336. The molecule has 144 valence electrons. The van der Waals surface area contributed by atoms with Gasteiger partial charge in [-0.25, -0.2) is 12.8 Å². The van der Waals surface area contributed by atoms with Gasteiger partial charge in [-0.3, -0.25) is 0 Å². The molecule has 0 atom stereocenters.